The smallest absolute Gasteiger partial charge is 0.340 e. The Morgan fingerprint density at radius 3 is 3.00 bits per heavy atom. The third-order valence-electron chi connectivity index (χ3n) is 4.66. The summed E-state index contributed by atoms with van der Waals surface area (Å²) in [6, 6.07) is 2.16. The Kier molecular flexibility index (Phi) is 3.51. The second-order valence-electron chi connectivity index (χ2n) is 5.68. The Balaban J connectivity index is 1.92. The zero-order valence-electron chi connectivity index (χ0n) is 11.8. The van der Waals surface area contributed by atoms with Crippen LogP contribution in [0, 0.1) is 5.92 Å². The minimum atomic E-state index is -0.398. The Bertz CT molecular complexity index is 518. The lowest BCUT2D eigenvalue weighted by Crippen LogP contribution is -2.36. The van der Waals surface area contributed by atoms with Crippen molar-refractivity contribution in [3.63, 3.8) is 0 Å². The molecule has 108 valence electrons. The number of aromatic nitrogens is 1. The molecule has 1 aliphatic heterocycles. The first-order chi connectivity index (χ1) is 9.72. The maximum Gasteiger partial charge on any atom is 0.340 e. The van der Waals surface area contributed by atoms with Crippen molar-refractivity contribution in [3.8, 4) is 0 Å². The van der Waals surface area contributed by atoms with E-state index in [1.165, 1.54) is 39.2 Å². The molecule has 1 saturated carbocycles. The van der Waals surface area contributed by atoms with Crippen LogP contribution < -0.4 is 10.6 Å². The summed E-state index contributed by atoms with van der Waals surface area (Å²) in [5.74, 6) is 1.11. The van der Waals surface area contributed by atoms with E-state index >= 15 is 0 Å². The van der Waals surface area contributed by atoms with E-state index in [0.29, 0.717) is 17.3 Å². The van der Waals surface area contributed by atoms with E-state index in [1.807, 2.05) is 0 Å². The molecule has 2 atom stereocenters. The first kappa shape index (κ1) is 13.2. The van der Waals surface area contributed by atoms with Gasteiger partial charge >= 0.3 is 5.97 Å². The second-order valence-corrected chi connectivity index (χ2v) is 5.68. The van der Waals surface area contributed by atoms with Gasteiger partial charge in [0.15, 0.2) is 5.82 Å². The van der Waals surface area contributed by atoms with Crippen molar-refractivity contribution >= 4 is 17.5 Å². The third kappa shape index (κ3) is 2.11. The van der Waals surface area contributed by atoms with Crippen molar-refractivity contribution in [3.05, 3.63) is 17.8 Å². The number of carbonyl (C=O) groups is 1. The summed E-state index contributed by atoms with van der Waals surface area (Å²) in [5.41, 5.74) is 7.02. The number of methoxy groups -OCH3 is 1. The van der Waals surface area contributed by atoms with Gasteiger partial charge in [0.05, 0.1) is 18.4 Å². The number of nitrogen functional groups attached to an aromatic ring is 1. The molecule has 5 heteroatoms. The number of nitrogens with two attached hydrogens (primary N) is 1. The van der Waals surface area contributed by atoms with E-state index in [0.717, 1.165) is 18.3 Å². The van der Waals surface area contributed by atoms with Gasteiger partial charge in [-0.2, -0.15) is 0 Å². The van der Waals surface area contributed by atoms with Crippen molar-refractivity contribution in [2.75, 3.05) is 24.3 Å². The molecule has 1 aliphatic carbocycles. The SMILES string of the molecule is COC(=O)c1ccnc(N2CCC3CCCCC32)c1N. The van der Waals surface area contributed by atoms with Crippen LogP contribution in [0.25, 0.3) is 0 Å². The summed E-state index contributed by atoms with van der Waals surface area (Å²) in [4.78, 5) is 18.5. The lowest BCUT2D eigenvalue weighted by atomic mass is 9.85. The predicted molar refractivity (Wildman–Crippen MR) is 77.7 cm³/mol. The zero-order valence-corrected chi connectivity index (χ0v) is 11.8. The minimum Gasteiger partial charge on any atom is -0.465 e. The molecule has 0 amide bonds. The molecule has 0 bridgehead atoms. The van der Waals surface area contributed by atoms with Gasteiger partial charge in [0.1, 0.15) is 0 Å². The number of fused-ring (bicyclic) bond motifs is 1. The maximum atomic E-state index is 11.7. The minimum absolute atomic E-state index is 0.398. The Morgan fingerprint density at radius 1 is 1.40 bits per heavy atom. The summed E-state index contributed by atoms with van der Waals surface area (Å²) >= 11 is 0. The number of carbonyl (C=O) groups excluding carboxylic acids is 1. The molecule has 2 aliphatic rings. The van der Waals surface area contributed by atoms with E-state index in [9.17, 15) is 4.79 Å². The predicted octanol–water partition coefficient (Wildman–Crippen LogP) is 2.22. The molecule has 3 rings (SSSR count). The van der Waals surface area contributed by atoms with Gasteiger partial charge in [-0.25, -0.2) is 9.78 Å². The number of hydrogen-bond acceptors (Lipinski definition) is 5. The first-order valence-corrected chi connectivity index (χ1v) is 7.32. The number of anilines is 2. The van der Waals surface area contributed by atoms with Gasteiger partial charge in [-0.05, 0) is 31.2 Å². The molecule has 1 saturated heterocycles. The third-order valence-corrected chi connectivity index (χ3v) is 4.66. The molecular formula is C15H21N3O2. The van der Waals surface area contributed by atoms with Gasteiger partial charge in [-0.3, -0.25) is 0 Å². The number of nitrogens with zero attached hydrogens (tertiary/aromatic N) is 2. The quantitative estimate of drug-likeness (QED) is 0.838. The van der Waals surface area contributed by atoms with Gasteiger partial charge in [0, 0.05) is 18.8 Å². The highest BCUT2D eigenvalue weighted by atomic mass is 16.5. The van der Waals surface area contributed by atoms with Crippen molar-refractivity contribution in [2.24, 2.45) is 5.92 Å². The summed E-state index contributed by atoms with van der Waals surface area (Å²) in [6.07, 6.45) is 7.96. The second kappa shape index (κ2) is 5.31. The van der Waals surface area contributed by atoms with Crippen LogP contribution in [0.2, 0.25) is 0 Å². The van der Waals surface area contributed by atoms with Crippen molar-refractivity contribution < 1.29 is 9.53 Å². The van der Waals surface area contributed by atoms with Gasteiger partial charge in [-0.15, -0.1) is 0 Å². The van der Waals surface area contributed by atoms with E-state index in [4.69, 9.17) is 10.5 Å². The van der Waals surface area contributed by atoms with Crippen LogP contribution in [0.3, 0.4) is 0 Å². The molecule has 5 nitrogen and oxygen atoms in total. The lowest BCUT2D eigenvalue weighted by molar-refractivity contribution is 0.0602. The van der Waals surface area contributed by atoms with Crippen LogP contribution in [-0.2, 0) is 4.74 Å². The summed E-state index contributed by atoms with van der Waals surface area (Å²) in [7, 11) is 1.37. The lowest BCUT2D eigenvalue weighted by Gasteiger charge is -2.33. The monoisotopic (exact) mass is 275 g/mol. The Hall–Kier alpha value is -1.78. The Morgan fingerprint density at radius 2 is 2.20 bits per heavy atom. The topological polar surface area (TPSA) is 68.5 Å². The standard InChI is InChI=1S/C15H21N3O2/c1-20-15(19)11-6-8-17-14(13(11)16)18-9-7-10-4-2-3-5-12(10)18/h6,8,10,12H,2-5,7,9,16H2,1H3. The van der Waals surface area contributed by atoms with Gasteiger partial charge < -0.3 is 15.4 Å². The highest BCUT2D eigenvalue weighted by Crippen LogP contribution is 2.40. The molecular weight excluding hydrogens is 254 g/mol. The molecule has 20 heavy (non-hydrogen) atoms. The fraction of sp³-hybridized carbons (Fsp3) is 0.600. The average molecular weight is 275 g/mol. The maximum absolute atomic E-state index is 11.7. The van der Waals surface area contributed by atoms with Crippen molar-refractivity contribution in [2.45, 2.75) is 38.1 Å². The van der Waals surface area contributed by atoms with Crippen LogP contribution >= 0.6 is 0 Å². The number of pyridine rings is 1. The molecule has 2 fully saturated rings. The first-order valence-electron chi connectivity index (χ1n) is 7.32. The highest BCUT2D eigenvalue weighted by Gasteiger charge is 2.37. The van der Waals surface area contributed by atoms with Gasteiger partial charge in [-0.1, -0.05) is 12.8 Å². The van der Waals surface area contributed by atoms with E-state index in [-0.39, 0.29) is 0 Å². The summed E-state index contributed by atoms with van der Waals surface area (Å²) in [6.45, 7) is 0.983. The average Bonchev–Trinajstić information content (AvgIpc) is 2.90. The summed E-state index contributed by atoms with van der Waals surface area (Å²) in [5, 5.41) is 0. The van der Waals surface area contributed by atoms with Gasteiger partial charge in [0.25, 0.3) is 0 Å². The summed E-state index contributed by atoms with van der Waals surface area (Å²) < 4.78 is 4.78. The van der Waals surface area contributed by atoms with E-state index in [2.05, 4.69) is 9.88 Å². The molecule has 1 aromatic rings. The van der Waals surface area contributed by atoms with Crippen molar-refractivity contribution in [1.29, 1.82) is 0 Å². The largest absolute Gasteiger partial charge is 0.465 e. The molecule has 1 aromatic heterocycles. The zero-order chi connectivity index (χ0) is 14.1. The number of esters is 1. The van der Waals surface area contributed by atoms with Crippen LogP contribution in [-0.4, -0.2) is 30.6 Å². The van der Waals surface area contributed by atoms with E-state index < -0.39 is 5.97 Å². The fourth-order valence-electron chi connectivity index (χ4n) is 3.65. The van der Waals surface area contributed by atoms with Crippen LogP contribution in [0.15, 0.2) is 12.3 Å². The molecule has 0 aromatic carbocycles. The molecule has 2 unspecified atom stereocenters. The fourth-order valence-corrected chi connectivity index (χ4v) is 3.65. The van der Waals surface area contributed by atoms with E-state index in [1.54, 1.807) is 12.3 Å². The Labute approximate surface area is 119 Å². The van der Waals surface area contributed by atoms with Crippen LogP contribution in [0.4, 0.5) is 11.5 Å². The van der Waals surface area contributed by atoms with Crippen LogP contribution in [0.1, 0.15) is 42.5 Å². The molecule has 0 spiro atoms. The highest BCUT2D eigenvalue weighted by molar-refractivity contribution is 5.97. The normalized spacial score (nSPS) is 25.4. The molecule has 2 heterocycles. The van der Waals surface area contributed by atoms with Crippen LogP contribution in [0.5, 0.6) is 0 Å². The number of ether oxygens (including phenoxy) is 1. The van der Waals surface area contributed by atoms with Gasteiger partial charge in [0.2, 0.25) is 0 Å². The molecule has 2 N–H and O–H groups in total. The van der Waals surface area contributed by atoms with Crippen molar-refractivity contribution in [1.82, 2.24) is 4.98 Å². The number of rotatable bonds is 2. The number of hydrogen-bond donors (Lipinski definition) is 1. The molecule has 0 radical (unpaired) electrons.